The van der Waals surface area contributed by atoms with Gasteiger partial charge in [0.1, 0.15) is 0 Å². The van der Waals surface area contributed by atoms with E-state index in [4.69, 9.17) is 11.6 Å². The van der Waals surface area contributed by atoms with Crippen LogP contribution in [0, 0.1) is 0 Å². The molecule has 3 aromatic rings. The van der Waals surface area contributed by atoms with Crippen LogP contribution < -0.4 is 4.90 Å². The van der Waals surface area contributed by atoms with Crippen molar-refractivity contribution in [3.63, 3.8) is 0 Å². The second kappa shape index (κ2) is 7.99. The largest absolute Gasteiger partial charge is 0.334 e. The average Bonchev–Trinajstić information content (AvgIpc) is 2.76. The molecule has 0 spiro atoms. The Morgan fingerprint density at radius 2 is 1.57 bits per heavy atom. The summed E-state index contributed by atoms with van der Waals surface area (Å²) in [4.78, 5) is 10.3. The molecule has 2 heterocycles. The standard InChI is InChI=1S/C24H22ClN3/c1-19(24(25)14-6-5-13-23(24)20-9-3-2-4-10-20)28(21-11-7-15-26-17-21)22-12-8-16-27-18-22/h2-13,15-19H,14H2,1H3. The van der Waals surface area contributed by atoms with E-state index < -0.39 is 4.87 Å². The fourth-order valence-corrected chi connectivity index (χ4v) is 4.15. The molecule has 2 aromatic heterocycles. The van der Waals surface area contributed by atoms with Crippen molar-refractivity contribution in [3.05, 3.63) is 103 Å². The van der Waals surface area contributed by atoms with Gasteiger partial charge in [0.2, 0.25) is 0 Å². The molecule has 4 rings (SSSR count). The van der Waals surface area contributed by atoms with Crippen LogP contribution in [0.2, 0.25) is 0 Å². The smallest absolute Gasteiger partial charge is 0.0938 e. The summed E-state index contributed by atoms with van der Waals surface area (Å²) in [7, 11) is 0. The van der Waals surface area contributed by atoms with Gasteiger partial charge in [0, 0.05) is 12.4 Å². The van der Waals surface area contributed by atoms with Crippen LogP contribution in [0.5, 0.6) is 0 Å². The minimum Gasteiger partial charge on any atom is -0.334 e. The number of nitrogens with zero attached hydrogens (tertiary/aromatic N) is 3. The van der Waals surface area contributed by atoms with Crippen molar-refractivity contribution >= 4 is 28.5 Å². The lowest BCUT2D eigenvalue weighted by atomic mass is 9.80. The molecule has 4 heteroatoms. The summed E-state index contributed by atoms with van der Waals surface area (Å²) in [6.07, 6.45) is 14.4. The first kappa shape index (κ1) is 18.5. The zero-order chi connectivity index (χ0) is 19.4. The molecule has 2 atom stereocenters. The number of hydrogen-bond donors (Lipinski definition) is 0. The third kappa shape index (κ3) is 3.46. The van der Waals surface area contributed by atoms with E-state index in [1.165, 1.54) is 0 Å². The zero-order valence-corrected chi connectivity index (χ0v) is 16.5. The normalized spacial score (nSPS) is 19.7. The van der Waals surface area contributed by atoms with E-state index in [9.17, 15) is 0 Å². The number of alkyl halides is 1. The molecule has 0 N–H and O–H groups in total. The van der Waals surface area contributed by atoms with Crippen LogP contribution >= 0.6 is 11.6 Å². The van der Waals surface area contributed by atoms with Gasteiger partial charge in [-0.15, -0.1) is 11.6 Å². The molecule has 2 unspecified atom stereocenters. The highest BCUT2D eigenvalue weighted by Gasteiger charge is 2.42. The van der Waals surface area contributed by atoms with Crippen molar-refractivity contribution < 1.29 is 0 Å². The Hall–Kier alpha value is -2.91. The van der Waals surface area contributed by atoms with Gasteiger partial charge in [0.25, 0.3) is 0 Å². The van der Waals surface area contributed by atoms with E-state index >= 15 is 0 Å². The van der Waals surface area contributed by atoms with Crippen LogP contribution in [0.15, 0.2) is 97.6 Å². The molecule has 3 nitrogen and oxygen atoms in total. The van der Waals surface area contributed by atoms with Crippen LogP contribution in [-0.4, -0.2) is 20.9 Å². The van der Waals surface area contributed by atoms with Gasteiger partial charge >= 0.3 is 0 Å². The summed E-state index contributed by atoms with van der Waals surface area (Å²) in [5.74, 6) is 0. The Morgan fingerprint density at radius 3 is 2.14 bits per heavy atom. The first-order valence-electron chi connectivity index (χ1n) is 9.41. The highest BCUT2D eigenvalue weighted by molar-refractivity contribution is 6.31. The molecular formula is C24H22ClN3. The molecule has 0 bridgehead atoms. The molecule has 0 fully saturated rings. The number of hydrogen-bond acceptors (Lipinski definition) is 3. The lowest BCUT2D eigenvalue weighted by Crippen LogP contribution is -2.47. The predicted octanol–water partition coefficient (Wildman–Crippen LogP) is 6.02. The van der Waals surface area contributed by atoms with E-state index in [2.05, 4.69) is 76.4 Å². The zero-order valence-electron chi connectivity index (χ0n) is 15.7. The molecule has 1 aliphatic carbocycles. The molecule has 28 heavy (non-hydrogen) atoms. The Labute approximate surface area is 171 Å². The summed E-state index contributed by atoms with van der Waals surface area (Å²) in [5, 5.41) is 0. The topological polar surface area (TPSA) is 29.0 Å². The Kier molecular flexibility index (Phi) is 5.27. The monoisotopic (exact) mass is 387 g/mol. The van der Waals surface area contributed by atoms with E-state index in [0.717, 1.165) is 28.9 Å². The second-order valence-electron chi connectivity index (χ2n) is 6.91. The fourth-order valence-electron chi connectivity index (χ4n) is 3.80. The maximum Gasteiger partial charge on any atom is 0.0938 e. The predicted molar refractivity (Wildman–Crippen MR) is 117 cm³/mol. The number of rotatable bonds is 5. The molecule has 1 aliphatic rings. The average molecular weight is 388 g/mol. The van der Waals surface area contributed by atoms with Crippen molar-refractivity contribution in [2.45, 2.75) is 24.3 Å². The van der Waals surface area contributed by atoms with Crippen molar-refractivity contribution in [2.75, 3.05) is 4.90 Å². The third-order valence-electron chi connectivity index (χ3n) is 5.24. The Balaban J connectivity index is 1.81. The summed E-state index contributed by atoms with van der Waals surface area (Å²) in [5.41, 5.74) is 4.25. The minimum atomic E-state index is -0.595. The minimum absolute atomic E-state index is 0.0426. The maximum atomic E-state index is 7.42. The Bertz CT molecular complexity index is 931. The summed E-state index contributed by atoms with van der Waals surface area (Å²) < 4.78 is 0. The quantitative estimate of drug-likeness (QED) is 0.501. The molecule has 0 saturated carbocycles. The Morgan fingerprint density at radius 1 is 0.929 bits per heavy atom. The van der Waals surface area contributed by atoms with Gasteiger partial charge in [0.05, 0.1) is 34.7 Å². The third-order valence-corrected chi connectivity index (χ3v) is 5.92. The van der Waals surface area contributed by atoms with Gasteiger partial charge < -0.3 is 4.90 Å². The highest BCUT2D eigenvalue weighted by atomic mass is 35.5. The van der Waals surface area contributed by atoms with Crippen molar-refractivity contribution in [2.24, 2.45) is 0 Å². The molecule has 0 radical (unpaired) electrons. The van der Waals surface area contributed by atoms with Crippen LogP contribution in [0.3, 0.4) is 0 Å². The maximum absolute atomic E-state index is 7.42. The van der Waals surface area contributed by atoms with E-state index in [1.54, 1.807) is 12.4 Å². The van der Waals surface area contributed by atoms with Crippen LogP contribution in [-0.2, 0) is 0 Å². The summed E-state index contributed by atoms with van der Waals surface area (Å²) >= 11 is 7.42. The fraction of sp³-hybridized carbons (Fsp3) is 0.167. The van der Waals surface area contributed by atoms with Crippen molar-refractivity contribution in [1.82, 2.24) is 9.97 Å². The first-order valence-corrected chi connectivity index (χ1v) is 9.79. The molecule has 0 amide bonds. The van der Waals surface area contributed by atoms with Crippen molar-refractivity contribution in [3.8, 4) is 0 Å². The van der Waals surface area contributed by atoms with E-state index in [0.29, 0.717) is 0 Å². The molecule has 1 aromatic carbocycles. The van der Waals surface area contributed by atoms with Crippen LogP contribution in [0.25, 0.3) is 5.57 Å². The number of aromatic nitrogens is 2. The van der Waals surface area contributed by atoms with Gasteiger partial charge in [-0.25, -0.2) is 0 Å². The van der Waals surface area contributed by atoms with Crippen LogP contribution in [0.4, 0.5) is 11.4 Å². The number of benzene rings is 1. The van der Waals surface area contributed by atoms with Crippen molar-refractivity contribution in [1.29, 1.82) is 0 Å². The molecule has 0 saturated heterocycles. The summed E-state index contributed by atoms with van der Waals surface area (Å²) in [6.45, 7) is 2.17. The summed E-state index contributed by atoms with van der Waals surface area (Å²) in [6, 6.07) is 18.3. The molecule has 140 valence electrons. The molecule has 0 aliphatic heterocycles. The highest BCUT2D eigenvalue weighted by Crippen LogP contribution is 2.46. The van der Waals surface area contributed by atoms with Gasteiger partial charge in [0.15, 0.2) is 0 Å². The van der Waals surface area contributed by atoms with E-state index in [-0.39, 0.29) is 6.04 Å². The number of halogens is 1. The van der Waals surface area contributed by atoms with Gasteiger partial charge in [-0.2, -0.15) is 0 Å². The lowest BCUT2D eigenvalue weighted by Gasteiger charge is -2.43. The SMILES string of the molecule is CC(N(c1cccnc1)c1cccnc1)C1(Cl)CC=CC=C1c1ccccc1. The lowest BCUT2D eigenvalue weighted by molar-refractivity contribution is 0.574. The van der Waals surface area contributed by atoms with Gasteiger partial charge in [-0.1, -0.05) is 48.6 Å². The second-order valence-corrected chi connectivity index (χ2v) is 7.58. The van der Waals surface area contributed by atoms with Gasteiger partial charge in [-0.3, -0.25) is 9.97 Å². The van der Waals surface area contributed by atoms with Gasteiger partial charge in [-0.05, 0) is 48.7 Å². The molecular weight excluding hydrogens is 366 g/mol. The van der Waals surface area contributed by atoms with Crippen LogP contribution in [0.1, 0.15) is 18.9 Å². The number of pyridine rings is 2. The first-order chi connectivity index (χ1) is 13.7. The van der Waals surface area contributed by atoms with E-state index in [1.807, 2.05) is 30.6 Å². The number of anilines is 2. The number of allylic oxidation sites excluding steroid dienone is 3.